The minimum absolute atomic E-state index is 0.0743. The number of benzene rings is 1. The Labute approximate surface area is 118 Å². The van der Waals surface area contributed by atoms with Crippen LogP contribution in [0.4, 0.5) is 28.0 Å². The molecule has 1 saturated heterocycles. The molecule has 0 spiro atoms. The molecule has 21 heavy (non-hydrogen) atoms. The Morgan fingerprint density at radius 3 is 2.76 bits per heavy atom. The van der Waals surface area contributed by atoms with Gasteiger partial charge in [-0.1, -0.05) is 0 Å². The highest BCUT2D eigenvalue weighted by molar-refractivity contribution is 5.89. The van der Waals surface area contributed by atoms with Crippen molar-refractivity contribution >= 4 is 11.7 Å². The third-order valence-corrected chi connectivity index (χ3v) is 3.04. The van der Waals surface area contributed by atoms with Gasteiger partial charge in [0, 0.05) is 18.8 Å². The van der Waals surface area contributed by atoms with Crippen LogP contribution in [-0.2, 0) is 10.9 Å². The molecular formula is C13H14F4N2O2. The van der Waals surface area contributed by atoms with Crippen molar-refractivity contribution in [3.8, 4) is 0 Å². The first-order valence-corrected chi connectivity index (χ1v) is 6.39. The average Bonchev–Trinajstić information content (AvgIpc) is 2.90. The summed E-state index contributed by atoms with van der Waals surface area (Å²) in [5.74, 6) is -1.38. The predicted octanol–water partition coefficient (Wildman–Crippen LogP) is 3.15. The Morgan fingerprint density at radius 2 is 2.14 bits per heavy atom. The fourth-order valence-corrected chi connectivity index (χ4v) is 2.01. The van der Waals surface area contributed by atoms with Crippen LogP contribution < -0.4 is 10.6 Å². The van der Waals surface area contributed by atoms with E-state index in [-0.39, 0.29) is 18.3 Å². The maximum Gasteiger partial charge on any atom is 0.419 e. The highest BCUT2D eigenvalue weighted by Gasteiger charge is 2.34. The molecule has 116 valence electrons. The highest BCUT2D eigenvalue weighted by Crippen LogP contribution is 2.32. The lowest BCUT2D eigenvalue weighted by Gasteiger charge is -2.13. The number of hydrogen-bond acceptors (Lipinski definition) is 2. The van der Waals surface area contributed by atoms with Crippen LogP contribution in [0.15, 0.2) is 18.2 Å². The van der Waals surface area contributed by atoms with E-state index in [1.54, 1.807) is 0 Å². The number of urea groups is 1. The van der Waals surface area contributed by atoms with Crippen LogP contribution in [-0.4, -0.2) is 25.3 Å². The Balaban J connectivity index is 1.94. The number of carbonyl (C=O) groups excluding carboxylic acids is 1. The first-order chi connectivity index (χ1) is 9.86. The molecule has 0 bridgehead atoms. The molecule has 1 aromatic carbocycles. The molecular weight excluding hydrogens is 292 g/mol. The molecule has 4 nitrogen and oxygen atoms in total. The first kappa shape index (κ1) is 15.6. The molecule has 0 radical (unpaired) electrons. The summed E-state index contributed by atoms with van der Waals surface area (Å²) >= 11 is 0. The number of carbonyl (C=O) groups is 1. The van der Waals surface area contributed by atoms with E-state index in [0.29, 0.717) is 18.7 Å². The fourth-order valence-electron chi connectivity index (χ4n) is 2.01. The van der Waals surface area contributed by atoms with E-state index in [2.05, 4.69) is 10.6 Å². The van der Waals surface area contributed by atoms with Crippen molar-refractivity contribution in [2.45, 2.75) is 25.1 Å². The quantitative estimate of drug-likeness (QED) is 0.843. The Bertz CT molecular complexity index is 513. The number of alkyl halides is 3. The van der Waals surface area contributed by atoms with Gasteiger partial charge in [-0.3, -0.25) is 0 Å². The molecule has 1 aromatic rings. The highest BCUT2D eigenvalue weighted by atomic mass is 19.4. The van der Waals surface area contributed by atoms with Crippen molar-refractivity contribution < 1.29 is 27.1 Å². The smallest absolute Gasteiger partial charge is 0.376 e. The standard InChI is InChI=1S/C13H14F4N2O2/c14-11-4-3-8(6-10(11)13(15,16)17)19-12(20)18-7-9-2-1-5-21-9/h3-4,6,9H,1-2,5,7H2,(H2,18,19,20). The van der Waals surface area contributed by atoms with Crippen LogP contribution in [0.25, 0.3) is 0 Å². The van der Waals surface area contributed by atoms with Gasteiger partial charge in [-0.15, -0.1) is 0 Å². The van der Waals surface area contributed by atoms with Crippen molar-refractivity contribution in [1.29, 1.82) is 0 Å². The lowest BCUT2D eigenvalue weighted by molar-refractivity contribution is -0.139. The van der Waals surface area contributed by atoms with Gasteiger partial charge in [0.25, 0.3) is 0 Å². The SMILES string of the molecule is O=C(NCC1CCCO1)Nc1ccc(F)c(C(F)(F)F)c1. The van der Waals surface area contributed by atoms with E-state index in [1.807, 2.05) is 0 Å². The van der Waals surface area contributed by atoms with Gasteiger partial charge in [-0.25, -0.2) is 9.18 Å². The second kappa shape index (κ2) is 6.30. The maximum atomic E-state index is 13.1. The van der Waals surface area contributed by atoms with E-state index in [1.165, 1.54) is 0 Å². The molecule has 1 unspecified atom stereocenters. The van der Waals surface area contributed by atoms with Crippen molar-refractivity contribution in [2.24, 2.45) is 0 Å². The minimum atomic E-state index is -4.81. The van der Waals surface area contributed by atoms with E-state index in [4.69, 9.17) is 4.74 Å². The van der Waals surface area contributed by atoms with Gasteiger partial charge in [-0.2, -0.15) is 13.2 Å². The third-order valence-electron chi connectivity index (χ3n) is 3.04. The Morgan fingerprint density at radius 1 is 1.38 bits per heavy atom. The van der Waals surface area contributed by atoms with Crippen LogP contribution in [0, 0.1) is 5.82 Å². The van der Waals surface area contributed by atoms with Gasteiger partial charge in [0.2, 0.25) is 0 Å². The second-order valence-corrected chi connectivity index (χ2v) is 4.66. The van der Waals surface area contributed by atoms with Gasteiger partial charge < -0.3 is 15.4 Å². The summed E-state index contributed by atoms with van der Waals surface area (Å²) in [5, 5.41) is 4.73. The summed E-state index contributed by atoms with van der Waals surface area (Å²) < 4.78 is 56.0. The number of rotatable bonds is 3. The molecule has 1 heterocycles. The van der Waals surface area contributed by atoms with Crippen LogP contribution in [0.2, 0.25) is 0 Å². The molecule has 0 aromatic heterocycles. The lowest BCUT2D eigenvalue weighted by atomic mass is 10.2. The van der Waals surface area contributed by atoms with Crippen molar-refractivity contribution in [1.82, 2.24) is 5.32 Å². The summed E-state index contributed by atoms with van der Waals surface area (Å²) in [4.78, 5) is 11.6. The van der Waals surface area contributed by atoms with Crippen molar-refractivity contribution in [3.63, 3.8) is 0 Å². The molecule has 2 N–H and O–H groups in total. The maximum absolute atomic E-state index is 13.1. The molecule has 1 atom stereocenters. The van der Waals surface area contributed by atoms with Crippen LogP contribution in [0.1, 0.15) is 18.4 Å². The number of halogens is 4. The van der Waals surface area contributed by atoms with E-state index >= 15 is 0 Å². The normalized spacial score (nSPS) is 18.6. The molecule has 1 aliphatic rings. The summed E-state index contributed by atoms with van der Waals surface area (Å²) in [6.45, 7) is 0.917. The minimum Gasteiger partial charge on any atom is -0.376 e. The summed E-state index contributed by atoms with van der Waals surface area (Å²) in [5.41, 5.74) is -1.55. The Kier molecular flexibility index (Phi) is 4.66. The van der Waals surface area contributed by atoms with Crippen LogP contribution in [0.3, 0.4) is 0 Å². The largest absolute Gasteiger partial charge is 0.419 e. The molecule has 1 fully saturated rings. The van der Waals surface area contributed by atoms with E-state index < -0.39 is 23.6 Å². The van der Waals surface area contributed by atoms with Gasteiger partial charge in [0.15, 0.2) is 0 Å². The predicted molar refractivity (Wildman–Crippen MR) is 67.4 cm³/mol. The summed E-state index contributed by atoms with van der Waals surface area (Å²) in [6, 6.07) is 1.63. The summed E-state index contributed by atoms with van der Waals surface area (Å²) in [6.07, 6.45) is -3.14. The molecule has 1 aliphatic heterocycles. The fraction of sp³-hybridized carbons (Fsp3) is 0.462. The molecule has 0 saturated carbocycles. The van der Waals surface area contributed by atoms with Gasteiger partial charge >= 0.3 is 12.2 Å². The van der Waals surface area contributed by atoms with Gasteiger partial charge in [-0.05, 0) is 31.0 Å². The van der Waals surface area contributed by atoms with Crippen molar-refractivity contribution in [3.05, 3.63) is 29.6 Å². The Hall–Kier alpha value is -1.83. The van der Waals surface area contributed by atoms with Crippen LogP contribution >= 0.6 is 0 Å². The topological polar surface area (TPSA) is 50.4 Å². The third kappa shape index (κ3) is 4.32. The summed E-state index contributed by atoms with van der Waals surface area (Å²) in [7, 11) is 0. The molecule has 8 heteroatoms. The number of hydrogen-bond donors (Lipinski definition) is 2. The lowest BCUT2D eigenvalue weighted by Crippen LogP contribution is -2.35. The zero-order chi connectivity index (χ0) is 15.5. The van der Waals surface area contributed by atoms with Gasteiger partial charge in [0.05, 0.1) is 11.7 Å². The van der Waals surface area contributed by atoms with E-state index in [0.717, 1.165) is 18.9 Å². The monoisotopic (exact) mass is 306 g/mol. The van der Waals surface area contributed by atoms with Gasteiger partial charge in [0.1, 0.15) is 5.82 Å². The molecule has 2 amide bonds. The number of anilines is 1. The van der Waals surface area contributed by atoms with Crippen LogP contribution in [0.5, 0.6) is 0 Å². The van der Waals surface area contributed by atoms with Crippen molar-refractivity contribution in [2.75, 3.05) is 18.5 Å². The first-order valence-electron chi connectivity index (χ1n) is 6.39. The average molecular weight is 306 g/mol. The number of nitrogens with one attached hydrogen (secondary N) is 2. The van der Waals surface area contributed by atoms with E-state index in [9.17, 15) is 22.4 Å². The number of ether oxygens (including phenoxy) is 1. The zero-order valence-electron chi connectivity index (χ0n) is 11.0. The molecule has 0 aliphatic carbocycles. The number of amides is 2. The zero-order valence-corrected chi connectivity index (χ0v) is 11.0. The second-order valence-electron chi connectivity index (χ2n) is 4.66. The molecule has 2 rings (SSSR count).